The van der Waals surface area contributed by atoms with Crippen LogP contribution in [0.2, 0.25) is 0 Å². The first-order chi connectivity index (χ1) is 11.0. The predicted molar refractivity (Wildman–Crippen MR) is 98.1 cm³/mol. The number of rotatable bonds is 6. The Balaban J connectivity index is 2.02. The lowest BCUT2D eigenvalue weighted by atomic mass is 10.2. The van der Waals surface area contributed by atoms with Gasteiger partial charge in [-0.1, -0.05) is 22.0 Å². The molecule has 1 heterocycles. The predicted octanol–water partition coefficient (Wildman–Crippen LogP) is 3.38. The fourth-order valence-electron chi connectivity index (χ4n) is 1.95. The van der Waals surface area contributed by atoms with Gasteiger partial charge in [0.2, 0.25) is 0 Å². The van der Waals surface area contributed by atoms with Gasteiger partial charge < -0.3 is 15.5 Å². The Morgan fingerprint density at radius 1 is 1.22 bits per heavy atom. The van der Waals surface area contributed by atoms with Crippen LogP contribution in [0.15, 0.2) is 41.0 Å². The summed E-state index contributed by atoms with van der Waals surface area (Å²) in [6, 6.07) is 9.32. The number of pyridine rings is 1. The van der Waals surface area contributed by atoms with E-state index in [-0.39, 0.29) is 5.91 Å². The SMILES string of the molecule is Cc1ccc(NC(=O)c2cc(NCCN(C)C)ccn2)cc1Br. The zero-order valence-electron chi connectivity index (χ0n) is 13.6. The molecule has 0 radical (unpaired) electrons. The summed E-state index contributed by atoms with van der Waals surface area (Å²) < 4.78 is 0.961. The molecule has 0 saturated carbocycles. The lowest BCUT2D eigenvalue weighted by Crippen LogP contribution is -2.21. The van der Waals surface area contributed by atoms with Gasteiger partial charge in [0.05, 0.1) is 0 Å². The standard InChI is InChI=1S/C17H21BrN4O/c1-12-4-5-14(10-15(12)18)21-17(23)16-11-13(6-7-20-16)19-8-9-22(2)3/h4-7,10-11H,8-9H2,1-3H3,(H,19,20)(H,21,23). The number of carbonyl (C=O) groups is 1. The first-order valence-corrected chi connectivity index (χ1v) is 8.17. The Bertz CT molecular complexity index is 688. The number of aryl methyl sites for hydroxylation is 1. The lowest BCUT2D eigenvalue weighted by Gasteiger charge is -2.12. The van der Waals surface area contributed by atoms with Crippen molar-refractivity contribution in [3.8, 4) is 0 Å². The Morgan fingerprint density at radius 2 is 2.00 bits per heavy atom. The van der Waals surface area contributed by atoms with Gasteiger partial charge in [-0.2, -0.15) is 0 Å². The second kappa shape index (κ2) is 8.08. The fraction of sp³-hybridized carbons (Fsp3) is 0.294. The molecule has 122 valence electrons. The lowest BCUT2D eigenvalue weighted by molar-refractivity contribution is 0.102. The molecule has 1 aromatic heterocycles. The number of likely N-dealkylation sites (N-methyl/N-ethyl adjacent to an activating group) is 1. The van der Waals surface area contributed by atoms with Gasteiger partial charge in [-0.25, -0.2) is 0 Å². The molecule has 0 aliphatic carbocycles. The van der Waals surface area contributed by atoms with Gasteiger partial charge in [-0.05, 0) is 50.8 Å². The van der Waals surface area contributed by atoms with Crippen LogP contribution in [0, 0.1) is 6.92 Å². The molecule has 2 rings (SSSR count). The van der Waals surface area contributed by atoms with Crippen molar-refractivity contribution in [2.24, 2.45) is 0 Å². The number of benzene rings is 1. The van der Waals surface area contributed by atoms with Crippen molar-refractivity contribution in [1.29, 1.82) is 0 Å². The smallest absolute Gasteiger partial charge is 0.274 e. The molecule has 5 nitrogen and oxygen atoms in total. The van der Waals surface area contributed by atoms with Crippen molar-refractivity contribution in [3.63, 3.8) is 0 Å². The topological polar surface area (TPSA) is 57.3 Å². The molecule has 0 bridgehead atoms. The van der Waals surface area contributed by atoms with Crippen molar-refractivity contribution >= 4 is 33.2 Å². The zero-order chi connectivity index (χ0) is 16.8. The summed E-state index contributed by atoms with van der Waals surface area (Å²) in [7, 11) is 4.04. The quantitative estimate of drug-likeness (QED) is 0.811. The molecule has 6 heteroatoms. The van der Waals surface area contributed by atoms with Crippen LogP contribution in [0.25, 0.3) is 0 Å². The van der Waals surface area contributed by atoms with Crippen LogP contribution in [-0.4, -0.2) is 43.0 Å². The van der Waals surface area contributed by atoms with Crippen molar-refractivity contribution < 1.29 is 4.79 Å². The Kier molecular flexibility index (Phi) is 6.12. The number of nitrogens with one attached hydrogen (secondary N) is 2. The van der Waals surface area contributed by atoms with E-state index in [9.17, 15) is 4.79 Å². The van der Waals surface area contributed by atoms with Gasteiger partial charge in [0, 0.05) is 35.1 Å². The minimum Gasteiger partial charge on any atom is -0.384 e. The number of hydrogen-bond donors (Lipinski definition) is 2. The van der Waals surface area contributed by atoms with E-state index in [1.807, 2.05) is 45.3 Å². The molecule has 2 aromatic rings. The molecule has 0 unspecified atom stereocenters. The van der Waals surface area contributed by atoms with Crippen LogP contribution in [0.3, 0.4) is 0 Å². The van der Waals surface area contributed by atoms with Gasteiger partial charge in [-0.15, -0.1) is 0 Å². The summed E-state index contributed by atoms with van der Waals surface area (Å²) in [5, 5.41) is 6.14. The number of aromatic nitrogens is 1. The summed E-state index contributed by atoms with van der Waals surface area (Å²) in [4.78, 5) is 18.6. The van der Waals surface area contributed by atoms with Crippen LogP contribution in [-0.2, 0) is 0 Å². The van der Waals surface area contributed by atoms with E-state index in [2.05, 4.69) is 36.4 Å². The minimum atomic E-state index is -0.225. The third kappa shape index (κ3) is 5.33. The summed E-state index contributed by atoms with van der Waals surface area (Å²) in [6.45, 7) is 3.73. The molecule has 1 amide bonds. The van der Waals surface area contributed by atoms with Crippen molar-refractivity contribution in [1.82, 2.24) is 9.88 Å². The van der Waals surface area contributed by atoms with E-state index in [1.54, 1.807) is 12.3 Å². The Labute approximate surface area is 145 Å². The van der Waals surface area contributed by atoms with Crippen LogP contribution in [0.5, 0.6) is 0 Å². The summed E-state index contributed by atoms with van der Waals surface area (Å²) in [5.74, 6) is -0.225. The molecule has 1 aromatic carbocycles. The highest BCUT2D eigenvalue weighted by Crippen LogP contribution is 2.21. The molecular weight excluding hydrogens is 356 g/mol. The second-order valence-corrected chi connectivity index (χ2v) is 6.43. The van der Waals surface area contributed by atoms with E-state index in [4.69, 9.17) is 0 Å². The average molecular weight is 377 g/mol. The number of anilines is 2. The second-order valence-electron chi connectivity index (χ2n) is 5.58. The van der Waals surface area contributed by atoms with Crippen LogP contribution >= 0.6 is 15.9 Å². The number of nitrogens with zero attached hydrogens (tertiary/aromatic N) is 2. The molecule has 23 heavy (non-hydrogen) atoms. The van der Waals surface area contributed by atoms with Gasteiger partial charge >= 0.3 is 0 Å². The van der Waals surface area contributed by atoms with Gasteiger partial charge in [0.1, 0.15) is 5.69 Å². The molecule has 0 fully saturated rings. The summed E-state index contributed by atoms with van der Waals surface area (Å²) in [6.07, 6.45) is 1.64. The van der Waals surface area contributed by atoms with E-state index in [0.717, 1.165) is 34.5 Å². The van der Waals surface area contributed by atoms with E-state index >= 15 is 0 Å². The molecule has 0 saturated heterocycles. The van der Waals surface area contributed by atoms with Crippen LogP contribution in [0.1, 0.15) is 16.1 Å². The largest absolute Gasteiger partial charge is 0.384 e. The number of carbonyl (C=O) groups excluding carboxylic acids is 1. The van der Waals surface area contributed by atoms with Crippen molar-refractivity contribution in [2.75, 3.05) is 37.8 Å². The van der Waals surface area contributed by atoms with Crippen molar-refractivity contribution in [3.05, 3.63) is 52.3 Å². The highest BCUT2D eigenvalue weighted by atomic mass is 79.9. The van der Waals surface area contributed by atoms with E-state index < -0.39 is 0 Å². The number of hydrogen-bond acceptors (Lipinski definition) is 4. The molecule has 0 spiro atoms. The Hall–Kier alpha value is -1.92. The zero-order valence-corrected chi connectivity index (χ0v) is 15.1. The highest BCUT2D eigenvalue weighted by Gasteiger charge is 2.09. The number of halogens is 1. The fourth-order valence-corrected chi connectivity index (χ4v) is 2.33. The van der Waals surface area contributed by atoms with Gasteiger partial charge in [-0.3, -0.25) is 9.78 Å². The van der Waals surface area contributed by atoms with E-state index in [0.29, 0.717) is 5.69 Å². The normalized spacial score (nSPS) is 10.7. The van der Waals surface area contributed by atoms with Crippen LogP contribution < -0.4 is 10.6 Å². The van der Waals surface area contributed by atoms with Crippen LogP contribution in [0.4, 0.5) is 11.4 Å². The summed E-state index contributed by atoms with van der Waals surface area (Å²) >= 11 is 3.46. The summed E-state index contributed by atoms with van der Waals surface area (Å²) in [5.41, 5.74) is 3.13. The van der Waals surface area contributed by atoms with Gasteiger partial charge in [0.25, 0.3) is 5.91 Å². The third-order valence-corrected chi connectivity index (χ3v) is 4.16. The highest BCUT2D eigenvalue weighted by molar-refractivity contribution is 9.10. The molecular formula is C17H21BrN4O. The Morgan fingerprint density at radius 3 is 2.70 bits per heavy atom. The van der Waals surface area contributed by atoms with E-state index in [1.165, 1.54) is 0 Å². The first kappa shape index (κ1) is 17.4. The first-order valence-electron chi connectivity index (χ1n) is 7.38. The maximum atomic E-state index is 12.3. The van der Waals surface area contributed by atoms with Crippen molar-refractivity contribution in [2.45, 2.75) is 6.92 Å². The molecule has 0 atom stereocenters. The molecule has 2 N–H and O–H groups in total. The maximum absolute atomic E-state index is 12.3. The number of amides is 1. The maximum Gasteiger partial charge on any atom is 0.274 e. The molecule has 0 aliphatic heterocycles. The third-order valence-electron chi connectivity index (χ3n) is 3.31. The monoisotopic (exact) mass is 376 g/mol. The average Bonchev–Trinajstić information content (AvgIpc) is 2.51. The molecule has 0 aliphatic rings. The van der Waals surface area contributed by atoms with Gasteiger partial charge in [0.15, 0.2) is 0 Å². The minimum absolute atomic E-state index is 0.225.